The zero-order valence-corrected chi connectivity index (χ0v) is 15.2. The van der Waals surface area contributed by atoms with Gasteiger partial charge in [-0.3, -0.25) is 0 Å². The number of aromatic nitrogens is 3. The number of nitrogens with two attached hydrogens (primary N) is 1. The van der Waals surface area contributed by atoms with Crippen LogP contribution in [-0.2, 0) is 4.74 Å². The Morgan fingerprint density at radius 1 is 1.04 bits per heavy atom. The van der Waals surface area contributed by atoms with E-state index < -0.39 is 0 Å². The third kappa shape index (κ3) is 3.02. The molecule has 27 heavy (non-hydrogen) atoms. The van der Waals surface area contributed by atoms with Crippen LogP contribution in [0.5, 0.6) is 11.5 Å². The van der Waals surface area contributed by atoms with Crippen molar-refractivity contribution in [3.05, 3.63) is 42.9 Å². The van der Waals surface area contributed by atoms with Crippen molar-refractivity contribution < 1.29 is 14.2 Å². The maximum absolute atomic E-state index is 6.07. The highest BCUT2D eigenvalue weighted by Gasteiger charge is 2.16. The van der Waals surface area contributed by atoms with Crippen molar-refractivity contribution in [1.82, 2.24) is 15.0 Å². The first kappa shape index (κ1) is 17.1. The van der Waals surface area contributed by atoms with E-state index in [-0.39, 0.29) is 0 Å². The molecule has 0 saturated carbocycles. The highest BCUT2D eigenvalue weighted by molar-refractivity contribution is 6.05. The van der Waals surface area contributed by atoms with Gasteiger partial charge in [0.05, 0.1) is 36.1 Å². The average Bonchev–Trinajstić information content (AvgIpc) is 3.12. The first-order valence-corrected chi connectivity index (χ1v) is 8.53. The van der Waals surface area contributed by atoms with Gasteiger partial charge in [0.1, 0.15) is 12.9 Å². The summed E-state index contributed by atoms with van der Waals surface area (Å²) in [5, 5.41) is 1.88. The summed E-state index contributed by atoms with van der Waals surface area (Å²) in [6, 6.07) is 9.58. The first-order chi connectivity index (χ1) is 13.2. The lowest BCUT2D eigenvalue weighted by Crippen LogP contribution is -2.05. The van der Waals surface area contributed by atoms with Crippen molar-refractivity contribution in [1.29, 1.82) is 0 Å². The third-order valence-corrected chi connectivity index (χ3v) is 4.47. The Morgan fingerprint density at radius 2 is 1.93 bits per heavy atom. The van der Waals surface area contributed by atoms with Crippen LogP contribution in [0.2, 0.25) is 0 Å². The van der Waals surface area contributed by atoms with E-state index in [9.17, 15) is 0 Å². The summed E-state index contributed by atoms with van der Waals surface area (Å²) < 4.78 is 16.3. The summed E-state index contributed by atoms with van der Waals surface area (Å²) in [6.45, 7) is 0.922. The monoisotopic (exact) mass is 364 g/mol. The molecule has 0 atom stereocenters. The summed E-state index contributed by atoms with van der Waals surface area (Å²) in [6.07, 6.45) is 3.46. The highest BCUT2D eigenvalue weighted by atomic mass is 16.5. The van der Waals surface area contributed by atoms with Crippen LogP contribution >= 0.6 is 0 Å². The third-order valence-electron chi connectivity index (χ3n) is 4.47. The summed E-state index contributed by atoms with van der Waals surface area (Å²) in [5.74, 6) is 1.24. The fraction of sp³-hybridized carbons (Fsp3) is 0.200. The van der Waals surface area contributed by atoms with Gasteiger partial charge in [-0.15, -0.1) is 0 Å². The molecular formula is C20H20N4O3. The molecule has 7 nitrogen and oxygen atoms in total. The van der Waals surface area contributed by atoms with Gasteiger partial charge in [0, 0.05) is 35.7 Å². The number of nitrogen functional groups attached to an aromatic ring is 1. The predicted octanol–water partition coefficient (Wildman–Crippen LogP) is 3.39. The van der Waals surface area contributed by atoms with Gasteiger partial charge in [0.2, 0.25) is 0 Å². The van der Waals surface area contributed by atoms with E-state index in [0.29, 0.717) is 30.4 Å². The smallest absolute Gasteiger partial charge is 0.163 e. The maximum Gasteiger partial charge on any atom is 0.163 e. The van der Waals surface area contributed by atoms with Crippen LogP contribution in [0.4, 0.5) is 5.69 Å². The molecule has 0 aliphatic carbocycles. The van der Waals surface area contributed by atoms with Crippen molar-refractivity contribution in [3.63, 3.8) is 0 Å². The molecule has 138 valence electrons. The lowest BCUT2D eigenvalue weighted by Gasteiger charge is -2.13. The number of ether oxygens (including phenoxy) is 3. The largest absolute Gasteiger partial charge is 0.493 e. The van der Waals surface area contributed by atoms with Crippen LogP contribution in [0, 0.1) is 0 Å². The molecule has 0 aliphatic rings. The van der Waals surface area contributed by atoms with Crippen molar-refractivity contribution >= 4 is 27.5 Å². The van der Waals surface area contributed by atoms with Crippen LogP contribution in [-0.4, -0.2) is 42.4 Å². The number of methoxy groups -OCH3 is 2. The maximum atomic E-state index is 6.07. The van der Waals surface area contributed by atoms with Crippen molar-refractivity contribution in [3.8, 4) is 22.8 Å². The minimum Gasteiger partial charge on any atom is -0.493 e. The van der Waals surface area contributed by atoms with Gasteiger partial charge in [-0.25, -0.2) is 9.97 Å². The summed E-state index contributed by atoms with van der Waals surface area (Å²) in [5.41, 5.74) is 10.2. The number of para-hydroxylation sites is 1. The van der Waals surface area contributed by atoms with E-state index in [1.165, 1.54) is 0 Å². The molecule has 0 spiro atoms. The average molecular weight is 364 g/mol. The van der Waals surface area contributed by atoms with E-state index in [1.54, 1.807) is 20.5 Å². The van der Waals surface area contributed by atoms with E-state index in [0.717, 1.165) is 33.1 Å². The van der Waals surface area contributed by atoms with Gasteiger partial charge >= 0.3 is 0 Å². The molecule has 0 bridgehead atoms. The second-order valence-electron chi connectivity index (χ2n) is 6.06. The fourth-order valence-electron chi connectivity index (χ4n) is 3.16. The van der Waals surface area contributed by atoms with Gasteiger partial charge in [-0.05, 0) is 12.1 Å². The molecular weight excluding hydrogens is 344 g/mol. The van der Waals surface area contributed by atoms with Gasteiger partial charge in [0.25, 0.3) is 0 Å². The van der Waals surface area contributed by atoms with Crippen LogP contribution < -0.4 is 15.2 Å². The topological polar surface area (TPSA) is 95.3 Å². The van der Waals surface area contributed by atoms with Crippen LogP contribution in [0.3, 0.4) is 0 Å². The van der Waals surface area contributed by atoms with Crippen LogP contribution in [0.25, 0.3) is 33.1 Å². The fourth-order valence-corrected chi connectivity index (χ4v) is 3.16. The Bertz CT molecular complexity index is 1110. The Morgan fingerprint density at radius 3 is 2.74 bits per heavy atom. The number of rotatable bonds is 6. The number of benzene rings is 2. The number of hydrogen-bond acceptors (Lipinski definition) is 6. The lowest BCUT2D eigenvalue weighted by atomic mass is 10.0. The molecule has 2 heterocycles. The van der Waals surface area contributed by atoms with Gasteiger partial charge in [0.15, 0.2) is 11.5 Å². The Labute approximate surface area is 156 Å². The molecule has 4 aromatic rings. The minimum absolute atomic E-state index is 0.429. The summed E-state index contributed by atoms with van der Waals surface area (Å²) >= 11 is 0. The number of fused-ring (bicyclic) bond motifs is 2. The zero-order valence-electron chi connectivity index (χ0n) is 15.2. The van der Waals surface area contributed by atoms with Crippen molar-refractivity contribution in [2.45, 2.75) is 0 Å². The standard InChI is InChI=1S/C20H20N4O3/c1-25-6-7-27-18-9-16-13(8-17(18)26-2)19(24-11-23-16)14-10-22-20-12(14)4-3-5-15(20)21/h3-5,8-11,22H,6-7,21H2,1-2H3. The normalized spacial score (nSPS) is 11.2. The highest BCUT2D eigenvalue weighted by Crippen LogP contribution is 2.38. The molecule has 2 aromatic heterocycles. The quantitative estimate of drug-likeness (QED) is 0.402. The number of aromatic amines is 1. The zero-order chi connectivity index (χ0) is 18.8. The van der Waals surface area contributed by atoms with Crippen molar-refractivity contribution in [2.24, 2.45) is 0 Å². The van der Waals surface area contributed by atoms with Crippen molar-refractivity contribution in [2.75, 3.05) is 33.2 Å². The van der Waals surface area contributed by atoms with Gasteiger partial charge in [-0.2, -0.15) is 0 Å². The molecule has 0 aliphatic heterocycles. The number of anilines is 1. The molecule has 0 amide bonds. The lowest BCUT2D eigenvalue weighted by molar-refractivity contribution is 0.144. The molecule has 0 fully saturated rings. The number of H-pyrrole nitrogens is 1. The number of hydrogen-bond donors (Lipinski definition) is 2. The molecule has 0 saturated heterocycles. The van der Waals surface area contributed by atoms with Crippen LogP contribution in [0.1, 0.15) is 0 Å². The minimum atomic E-state index is 0.429. The second-order valence-corrected chi connectivity index (χ2v) is 6.06. The Kier molecular flexibility index (Phi) is 4.52. The Hall–Kier alpha value is -3.32. The second kappa shape index (κ2) is 7.13. The van der Waals surface area contributed by atoms with Gasteiger partial charge in [-0.1, -0.05) is 12.1 Å². The Balaban J connectivity index is 1.87. The number of nitrogens with zero attached hydrogens (tertiary/aromatic N) is 2. The SMILES string of the molecule is COCCOc1cc2ncnc(-c3c[nH]c4c(N)cccc34)c2cc1OC. The van der Waals surface area contributed by atoms with E-state index in [4.69, 9.17) is 19.9 Å². The predicted molar refractivity (Wildman–Crippen MR) is 105 cm³/mol. The molecule has 4 rings (SSSR count). The number of nitrogens with one attached hydrogen (secondary N) is 1. The molecule has 0 unspecified atom stereocenters. The van der Waals surface area contributed by atoms with E-state index in [1.807, 2.05) is 36.5 Å². The molecule has 2 aromatic carbocycles. The summed E-state index contributed by atoms with van der Waals surface area (Å²) in [7, 11) is 3.24. The molecule has 7 heteroatoms. The van der Waals surface area contributed by atoms with Crippen LogP contribution in [0.15, 0.2) is 42.9 Å². The van der Waals surface area contributed by atoms with E-state index in [2.05, 4.69) is 15.0 Å². The molecule has 3 N–H and O–H groups in total. The van der Waals surface area contributed by atoms with E-state index >= 15 is 0 Å². The first-order valence-electron chi connectivity index (χ1n) is 8.53. The summed E-state index contributed by atoms with van der Waals surface area (Å²) in [4.78, 5) is 12.2. The van der Waals surface area contributed by atoms with Gasteiger partial charge < -0.3 is 24.9 Å². The molecule has 0 radical (unpaired) electrons.